The molecule has 5 nitrogen and oxygen atoms in total. The topological polar surface area (TPSA) is 64.0 Å². The molecule has 3 aromatic rings. The molecular weight excluding hydrogens is 422 g/mol. The Morgan fingerprint density at radius 2 is 1.91 bits per heavy atom. The Labute approximate surface area is 190 Å². The molecule has 0 fully saturated rings. The molecule has 2 aliphatic carbocycles. The van der Waals surface area contributed by atoms with Crippen molar-refractivity contribution in [2.24, 2.45) is 0 Å². The van der Waals surface area contributed by atoms with Crippen molar-refractivity contribution < 1.29 is 9.59 Å². The highest BCUT2D eigenvalue weighted by molar-refractivity contribution is 6.30. The first-order chi connectivity index (χ1) is 15.5. The molecule has 0 aliphatic heterocycles. The third-order valence-corrected chi connectivity index (χ3v) is 5.88. The molecule has 0 unspecified atom stereocenters. The summed E-state index contributed by atoms with van der Waals surface area (Å²) in [6.07, 6.45) is 9.75. The number of Topliss-reactive ketones (excluding diaryl/α,β-unsaturated/α-hetero) is 1. The Balaban J connectivity index is 1.28. The van der Waals surface area contributed by atoms with E-state index in [4.69, 9.17) is 11.6 Å². The molecule has 0 saturated carbocycles. The molecule has 2 aromatic carbocycles. The van der Waals surface area contributed by atoms with Crippen LogP contribution < -0.4 is 5.32 Å². The number of fused-ring (bicyclic) bond motifs is 1. The molecule has 1 heterocycles. The maximum absolute atomic E-state index is 12.9. The van der Waals surface area contributed by atoms with Crippen LogP contribution in [-0.4, -0.2) is 21.5 Å². The van der Waals surface area contributed by atoms with E-state index >= 15 is 0 Å². The third kappa shape index (κ3) is 4.20. The van der Waals surface area contributed by atoms with E-state index in [2.05, 4.69) is 16.5 Å². The summed E-state index contributed by atoms with van der Waals surface area (Å²) in [6.45, 7) is 0.572. The maximum atomic E-state index is 12.9. The molecule has 158 valence electrons. The Kier molecular flexibility index (Phi) is 5.33. The maximum Gasteiger partial charge on any atom is 0.255 e. The summed E-state index contributed by atoms with van der Waals surface area (Å²) >= 11 is 5.93. The molecular formula is C26H20ClN3O2. The van der Waals surface area contributed by atoms with Crippen LogP contribution in [-0.2, 0) is 22.6 Å². The number of carbonyl (C=O) groups is 2. The van der Waals surface area contributed by atoms with E-state index in [0.29, 0.717) is 34.8 Å². The van der Waals surface area contributed by atoms with Crippen LogP contribution in [0.15, 0.2) is 89.8 Å². The number of aromatic nitrogens is 2. The minimum Gasteiger partial charge on any atom is -0.319 e. The molecule has 1 amide bonds. The lowest BCUT2D eigenvalue weighted by molar-refractivity contribution is -0.114. The fourth-order valence-corrected chi connectivity index (χ4v) is 4.11. The van der Waals surface area contributed by atoms with Crippen molar-refractivity contribution in [3.63, 3.8) is 0 Å². The minimum atomic E-state index is -0.253. The molecule has 0 atom stereocenters. The zero-order valence-electron chi connectivity index (χ0n) is 17.2. The van der Waals surface area contributed by atoms with Gasteiger partial charge in [0.25, 0.3) is 5.91 Å². The first-order valence-electron chi connectivity index (χ1n) is 10.4. The number of allylic oxidation sites excluding steroid dienone is 3. The van der Waals surface area contributed by atoms with Gasteiger partial charge in [0, 0.05) is 28.8 Å². The van der Waals surface area contributed by atoms with E-state index < -0.39 is 0 Å². The van der Waals surface area contributed by atoms with E-state index in [0.717, 1.165) is 16.7 Å². The number of rotatable bonds is 5. The van der Waals surface area contributed by atoms with Crippen molar-refractivity contribution in [2.75, 3.05) is 5.32 Å². The zero-order chi connectivity index (χ0) is 22.1. The molecule has 5 rings (SSSR count). The second kappa shape index (κ2) is 8.44. The fourth-order valence-electron chi connectivity index (χ4n) is 3.99. The number of nitrogens with one attached hydrogen (secondary N) is 1. The van der Waals surface area contributed by atoms with Crippen molar-refractivity contribution >= 4 is 35.1 Å². The molecule has 0 saturated heterocycles. The quantitative estimate of drug-likeness (QED) is 0.606. The van der Waals surface area contributed by atoms with Crippen molar-refractivity contribution in [1.29, 1.82) is 0 Å². The lowest BCUT2D eigenvalue weighted by Gasteiger charge is -2.14. The number of nitrogens with zero attached hydrogens (tertiary/aromatic N) is 2. The molecule has 0 bridgehead atoms. The molecule has 1 aromatic heterocycles. The molecule has 0 spiro atoms. The van der Waals surface area contributed by atoms with Crippen LogP contribution >= 0.6 is 11.6 Å². The van der Waals surface area contributed by atoms with Crippen LogP contribution in [0, 0.1) is 0 Å². The molecule has 0 radical (unpaired) electrons. The van der Waals surface area contributed by atoms with Gasteiger partial charge in [-0.15, -0.1) is 0 Å². The van der Waals surface area contributed by atoms with Gasteiger partial charge < -0.3 is 5.32 Å². The second-order valence-electron chi connectivity index (χ2n) is 7.90. The first-order valence-corrected chi connectivity index (χ1v) is 10.7. The highest BCUT2D eigenvalue weighted by Crippen LogP contribution is 2.32. The summed E-state index contributed by atoms with van der Waals surface area (Å²) in [5.74, 6) is -0.214. The van der Waals surface area contributed by atoms with E-state index in [-0.39, 0.29) is 18.1 Å². The highest BCUT2D eigenvalue weighted by Gasteiger charge is 2.24. The summed E-state index contributed by atoms with van der Waals surface area (Å²) in [5, 5.41) is 7.89. The SMILES string of the molecule is O=C1CC=C(C(=O)Nc2cnn(Cc3ccc(Cl)cc3)c2)C=C1C1=Cc2ccccc2C1. The van der Waals surface area contributed by atoms with Gasteiger partial charge >= 0.3 is 0 Å². The number of halogens is 1. The lowest BCUT2D eigenvalue weighted by Crippen LogP contribution is -2.18. The van der Waals surface area contributed by atoms with Gasteiger partial charge in [0.15, 0.2) is 5.78 Å². The van der Waals surface area contributed by atoms with Gasteiger partial charge in [0.05, 0.1) is 18.4 Å². The van der Waals surface area contributed by atoms with Crippen molar-refractivity contribution in [3.8, 4) is 0 Å². The van der Waals surface area contributed by atoms with Gasteiger partial charge in [0.2, 0.25) is 0 Å². The molecule has 1 N–H and O–H groups in total. The van der Waals surface area contributed by atoms with Gasteiger partial charge in [-0.1, -0.05) is 60.2 Å². The summed E-state index contributed by atoms with van der Waals surface area (Å²) in [5.41, 5.74) is 6.06. The van der Waals surface area contributed by atoms with E-state index in [1.54, 1.807) is 29.2 Å². The largest absolute Gasteiger partial charge is 0.319 e. The third-order valence-electron chi connectivity index (χ3n) is 5.63. The highest BCUT2D eigenvalue weighted by atomic mass is 35.5. The monoisotopic (exact) mass is 441 g/mol. The van der Waals surface area contributed by atoms with Crippen LogP contribution in [0.3, 0.4) is 0 Å². The second-order valence-corrected chi connectivity index (χ2v) is 8.33. The number of benzene rings is 2. The number of ketones is 1. The number of hydrogen-bond acceptors (Lipinski definition) is 3. The average Bonchev–Trinajstić information content (AvgIpc) is 3.42. The van der Waals surface area contributed by atoms with Crippen LogP contribution in [0.4, 0.5) is 5.69 Å². The predicted molar refractivity (Wildman–Crippen MR) is 125 cm³/mol. The fraction of sp³-hybridized carbons (Fsp3) is 0.115. The zero-order valence-corrected chi connectivity index (χ0v) is 18.0. The Morgan fingerprint density at radius 3 is 2.72 bits per heavy atom. The number of carbonyl (C=O) groups excluding carboxylic acids is 2. The normalized spacial score (nSPS) is 15.0. The molecule has 2 aliphatic rings. The number of hydrogen-bond donors (Lipinski definition) is 1. The van der Waals surface area contributed by atoms with Gasteiger partial charge in [-0.2, -0.15) is 5.10 Å². The van der Waals surface area contributed by atoms with Crippen LogP contribution in [0.1, 0.15) is 23.1 Å². The van der Waals surface area contributed by atoms with Crippen molar-refractivity contribution in [2.45, 2.75) is 19.4 Å². The average molecular weight is 442 g/mol. The minimum absolute atomic E-state index is 0.0383. The van der Waals surface area contributed by atoms with Gasteiger partial charge in [-0.05, 0) is 46.9 Å². The van der Waals surface area contributed by atoms with Gasteiger partial charge in [-0.25, -0.2) is 0 Å². The van der Waals surface area contributed by atoms with Crippen LogP contribution in [0.5, 0.6) is 0 Å². The summed E-state index contributed by atoms with van der Waals surface area (Å²) in [6, 6.07) is 15.6. The summed E-state index contributed by atoms with van der Waals surface area (Å²) in [7, 11) is 0. The number of amides is 1. The predicted octanol–water partition coefficient (Wildman–Crippen LogP) is 4.99. The Bertz CT molecular complexity index is 1310. The molecule has 6 heteroatoms. The lowest BCUT2D eigenvalue weighted by atomic mass is 9.91. The smallest absolute Gasteiger partial charge is 0.255 e. The number of anilines is 1. The molecule has 32 heavy (non-hydrogen) atoms. The van der Waals surface area contributed by atoms with Crippen LogP contribution in [0.25, 0.3) is 6.08 Å². The summed E-state index contributed by atoms with van der Waals surface area (Å²) < 4.78 is 1.75. The van der Waals surface area contributed by atoms with Gasteiger partial charge in [-0.3, -0.25) is 14.3 Å². The first kappa shape index (κ1) is 20.2. The van der Waals surface area contributed by atoms with Crippen molar-refractivity contribution in [3.05, 3.63) is 112 Å². The van der Waals surface area contributed by atoms with E-state index in [1.165, 1.54) is 5.56 Å². The Morgan fingerprint density at radius 1 is 1.09 bits per heavy atom. The van der Waals surface area contributed by atoms with E-state index in [9.17, 15) is 9.59 Å². The van der Waals surface area contributed by atoms with Crippen molar-refractivity contribution in [1.82, 2.24) is 9.78 Å². The van der Waals surface area contributed by atoms with Gasteiger partial charge in [0.1, 0.15) is 0 Å². The van der Waals surface area contributed by atoms with Crippen LogP contribution in [0.2, 0.25) is 5.02 Å². The summed E-state index contributed by atoms with van der Waals surface area (Å²) in [4.78, 5) is 25.4. The standard InChI is InChI=1S/C26H20ClN3O2/c27-22-8-5-17(6-9-22)15-30-16-23(14-28-30)29-26(32)20-7-10-25(31)24(13-20)21-11-18-3-1-2-4-19(18)12-21/h1-9,11,13-14,16H,10,12,15H2,(H,29,32). The van der Waals surface area contributed by atoms with E-state index in [1.807, 2.05) is 48.5 Å². The Hall–Kier alpha value is -3.70.